The van der Waals surface area contributed by atoms with Crippen LogP contribution in [0.5, 0.6) is 0 Å². The van der Waals surface area contributed by atoms with Crippen molar-refractivity contribution in [1.29, 1.82) is 0 Å². The Morgan fingerprint density at radius 1 is 1.18 bits per heavy atom. The Balaban J connectivity index is 1.81. The van der Waals surface area contributed by atoms with E-state index in [0.29, 0.717) is 28.3 Å². The summed E-state index contributed by atoms with van der Waals surface area (Å²) in [6.07, 6.45) is 1.70. The van der Waals surface area contributed by atoms with Gasteiger partial charge in [0.25, 0.3) is 0 Å². The second-order valence-corrected chi connectivity index (χ2v) is 9.66. The van der Waals surface area contributed by atoms with Crippen molar-refractivity contribution in [3.05, 3.63) is 83.2 Å². The monoisotopic (exact) mass is 433 g/mol. The Morgan fingerprint density at radius 2 is 1.93 bits per heavy atom. The molecule has 0 aliphatic rings. The molecule has 8 heteroatoms. The summed E-state index contributed by atoms with van der Waals surface area (Å²) in [7, 11) is -3.51. The molecule has 1 aromatic heterocycles. The highest BCUT2D eigenvalue weighted by Gasteiger charge is 2.21. The number of aromatic nitrogens is 3. The molecule has 0 N–H and O–H groups in total. The van der Waals surface area contributed by atoms with Gasteiger partial charge in [0.1, 0.15) is 11.6 Å². The average molecular weight is 434 g/mol. The summed E-state index contributed by atoms with van der Waals surface area (Å²) in [4.78, 5) is 0.277. The van der Waals surface area contributed by atoms with E-state index in [0.717, 1.165) is 11.1 Å². The molecule has 1 heterocycles. The quantitative estimate of drug-likeness (QED) is 0.380. The van der Waals surface area contributed by atoms with Crippen LogP contribution in [-0.2, 0) is 27.9 Å². The molecule has 0 saturated carbocycles. The van der Waals surface area contributed by atoms with Crippen molar-refractivity contribution in [2.75, 3.05) is 0 Å². The normalized spacial score (nSPS) is 11.5. The van der Waals surface area contributed by atoms with E-state index < -0.39 is 9.84 Å². The Hall–Kier alpha value is -2.09. The van der Waals surface area contributed by atoms with Gasteiger partial charge in [-0.15, -0.1) is 16.8 Å². The van der Waals surface area contributed by atoms with Crippen LogP contribution in [0.15, 0.2) is 71.2 Å². The van der Waals surface area contributed by atoms with Gasteiger partial charge in [0.2, 0.25) is 0 Å². The Morgan fingerprint density at radius 3 is 2.61 bits per heavy atom. The van der Waals surface area contributed by atoms with Crippen molar-refractivity contribution >= 4 is 33.2 Å². The van der Waals surface area contributed by atoms with E-state index in [4.69, 9.17) is 11.6 Å². The van der Waals surface area contributed by atoms with Crippen molar-refractivity contribution in [3.63, 3.8) is 0 Å². The van der Waals surface area contributed by atoms with Gasteiger partial charge in [-0.25, -0.2) is 8.42 Å². The first-order valence-corrected chi connectivity index (χ1v) is 11.6. The molecule has 0 fully saturated rings. The van der Waals surface area contributed by atoms with E-state index in [1.165, 1.54) is 11.8 Å². The fraction of sp³-hybridized carbons (Fsp3) is 0.200. The van der Waals surface area contributed by atoms with Crippen LogP contribution in [0.1, 0.15) is 17.0 Å². The fourth-order valence-electron chi connectivity index (χ4n) is 2.62. The third-order valence-corrected chi connectivity index (χ3v) is 6.96. The van der Waals surface area contributed by atoms with Gasteiger partial charge in [-0.1, -0.05) is 59.3 Å². The summed E-state index contributed by atoms with van der Waals surface area (Å²) in [6.45, 7) is 6.11. The summed E-state index contributed by atoms with van der Waals surface area (Å²) >= 11 is 7.51. The molecular formula is C20H20ClN3O2S2. The summed E-state index contributed by atoms with van der Waals surface area (Å²) in [5, 5.41) is 9.65. The molecule has 0 spiro atoms. The molecule has 3 rings (SSSR count). The molecule has 5 nitrogen and oxygen atoms in total. The maximum absolute atomic E-state index is 12.8. The van der Waals surface area contributed by atoms with Crippen LogP contribution in [0.4, 0.5) is 0 Å². The number of benzene rings is 2. The van der Waals surface area contributed by atoms with Gasteiger partial charge in [-0.2, -0.15) is 0 Å². The predicted octanol–water partition coefficient (Wildman–Crippen LogP) is 4.69. The molecule has 0 unspecified atom stereocenters. The number of allylic oxidation sites excluding steroid dienone is 1. The molecule has 0 aliphatic heterocycles. The lowest BCUT2D eigenvalue weighted by molar-refractivity contribution is 0.590. The van der Waals surface area contributed by atoms with Gasteiger partial charge in [0.05, 0.1) is 4.90 Å². The summed E-state index contributed by atoms with van der Waals surface area (Å²) in [5.41, 5.74) is 2.06. The minimum atomic E-state index is -3.51. The first kappa shape index (κ1) is 20.6. The summed E-state index contributed by atoms with van der Waals surface area (Å²) in [6, 6.07) is 14.4. The van der Waals surface area contributed by atoms with Crippen LogP contribution in [0.2, 0.25) is 5.02 Å². The van der Waals surface area contributed by atoms with Crippen LogP contribution < -0.4 is 0 Å². The molecule has 0 radical (unpaired) electrons. The Bertz CT molecular complexity index is 1080. The number of sulfone groups is 1. The van der Waals surface area contributed by atoms with Crippen LogP contribution >= 0.6 is 23.4 Å². The van der Waals surface area contributed by atoms with Gasteiger partial charge in [0, 0.05) is 17.3 Å². The number of rotatable bonds is 8. The molecule has 0 saturated heterocycles. The van der Waals surface area contributed by atoms with Crippen LogP contribution in [-0.4, -0.2) is 23.2 Å². The van der Waals surface area contributed by atoms with Crippen molar-refractivity contribution in [2.24, 2.45) is 0 Å². The van der Waals surface area contributed by atoms with Crippen LogP contribution in [0.3, 0.4) is 0 Å². The van der Waals surface area contributed by atoms with Crippen molar-refractivity contribution in [2.45, 2.75) is 35.0 Å². The smallest absolute Gasteiger partial charge is 0.191 e. The van der Waals surface area contributed by atoms with Crippen LogP contribution in [0.25, 0.3) is 0 Å². The number of thioether (sulfide) groups is 1. The molecule has 0 atom stereocenters. The highest BCUT2D eigenvalue weighted by Crippen LogP contribution is 2.25. The topological polar surface area (TPSA) is 64.8 Å². The molecule has 0 aliphatic carbocycles. The van der Waals surface area contributed by atoms with Crippen molar-refractivity contribution < 1.29 is 8.42 Å². The average Bonchev–Trinajstić information content (AvgIpc) is 3.02. The van der Waals surface area contributed by atoms with Crippen LogP contribution in [0, 0.1) is 6.92 Å². The molecule has 146 valence electrons. The zero-order valence-electron chi connectivity index (χ0n) is 15.4. The fourth-order valence-corrected chi connectivity index (χ4v) is 5.01. The minimum absolute atomic E-state index is 0.214. The van der Waals surface area contributed by atoms with Crippen molar-refractivity contribution in [1.82, 2.24) is 14.8 Å². The number of nitrogens with zero attached hydrogens (tertiary/aromatic N) is 3. The van der Waals surface area contributed by atoms with Gasteiger partial charge < -0.3 is 4.57 Å². The van der Waals surface area contributed by atoms with E-state index in [2.05, 4.69) is 16.8 Å². The maximum atomic E-state index is 12.8. The van der Waals surface area contributed by atoms with Gasteiger partial charge >= 0.3 is 0 Å². The lowest BCUT2D eigenvalue weighted by Gasteiger charge is -2.09. The molecule has 0 amide bonds. The van der Waals surface area contributed by atoms with Gasteiger partial charge in [-0.3, -0.25) is 0 Å². The predicted molar refractivity (Wildman–Crippen MR) is 113 cm³/mol. The molecule has 2 aromatic carbocycles. The second-order valence-electron chi connectivity index (χ2n) is 6.29. The second kappa shape index (κ2) is 8.94. The highest BCUT2D eigenvalue weighted by atomic mass is 35.5. The molecular weight excluding hydrogens is 414 g/mol. The number of halogens is 1. The summed E-state index contributed by atoms with van der Waals surface area (Å²) < 4.78 is 27.3. The Kier molecular flexibility index (Phi) is 6.59. The van der Waals surface area contributed by atoms with Gasteiger partial charge in [-0.05, 0) is 36.8 Å². The molecule has 28 heavy (non-hydrogen) atoms. The van der Waals surface area contributed by atoms with E-state index in [1.54, 1.807) is 34.9 Å². The zero-order chi connectivity index (χ0) is 20.1. The van der Waals surface area contributed by atoms with E-state index in [9.17, 15) is 8.42 Å². The maximum Gasteiger partial charge on any atom is 0.191 e. The van der Waals surface area contributed by atoms with Crippen molar-refractivity contribution in [3.8, 4) is 0 Å². The molecule has 0 bridgehead atoms. The summed E-state index contributed by atoms with van der Waals surface area (Å²) in [5.74, 6) is 0.837. The Labute approximate surface area is 174 Å². The third-order valence-electron chi connectivity index (χ3n) is 4.06. The van der Waals surface area contributed by atoms with E-state index in [1.807, 2.05) is 31.2 Å². The minimum Gasteiger partial charge on any atom is -0.301 e. The zero-order valence-corrected chi connectivity index (χ0v) is 17.8. The SMILES string of the molecule is C=CCn1c(CS(=O)(=O)c2ccc(C)cc2)nnc1SCc1cccc(Cl)c1. The first-order valence-electron chi connectivity index (χ1n) is 8.58. The number of aryl methyl sites for hydroxylation is 1. The third kappa shape index (κ3) is 5.04. The number of hydrogen-bond acceptors (Lipinski definition) is 5. The first-order chi connectivity index (χ1) is 13.4. The largest absolute Gasteiger partial charge is 0.301 e. The molecule has 3 aromatic rings. The lowest BCUT2D eigenvalue weighted by Crippen LogP contribution is -2.11. The van der Waals surface area contributed by atoms with E-state index >= 15 is 0 Å². The van der Waals surface area contributed by atoms with Gasteiger partial charge in [0.15, 0.2) is 15.0 Å². The number of hydrogen-bond donors (Lipinski definition) is 0. The lowest BCUT2D eigenvalue weighted by atomic mass is 10.2. The van der Waals surface area contributed by atoms with E-state index in [-0.39, 0.29) is 10.6 Å². The standard InChI is InChI=1S/C20H20ClN3O2S2/c1-3-11-24-19(14-28(25,26)18-9-7-15(2)8-10-18)22-23-20(24)27-13-16-5-4-6-17(21)12-16/h3-10,12H,1,11,13-14H2,2H3. The highest BCUT2D eigenvalue weighted by molar-refractivity contribution is 7.98.